The Kier molecular flexibility index (Phi) is 4.26. The molecular weight excluding hydrogens is 158 g/mol. The first-order chi connectivity index (χ1) is 5.36. The van der Waals surface area contributed by atoms with Gasteiger partial charge in [0.15, 0.2) is 0 Å². The van der Waals surface area contributed by atoms with Crippen molar-refractivity contribution < 1.29 is 4.74 Å². The van der Waals surface area contributed by atoms with Crippen molar-refractivity contribution in [2.75, 3.05) is 39.1 Å². The topological polar surface area (TPSA) is 12.5 Å². The van der Waals surface area contributed by atoms with E-state index >= 15 is 0 Å². The molecule has 1 rings (SSSR count). The van der Waals surface area contributed by atoms with Gasteiger partial charge in [-0.3, -0.25) is 0 Å². The molecule has 1 saturated heterocycles. The molecule has 0 aromatic rings. The fourth-order valence-electron chi connectivity index (χ4n) is 1.63. The molecule has 0 radical (unpaired) electrons. The lowest BCUT2D eigenvalue weighted by Gasteiger charge is -2.13. The minimum absolute atomic E-state index is 0.764. The first-order valence-electron chi connectivity index (χ1n) is 4.19. The number of thiol groups is 1. The molecule has 1 unspecified atom stereocenters. The van der Waals surface area contributed by atoms with Crippen LogP contribution < -0.4 is 0 Å². The molecule has 0 aromatic carbocycles. The van der Waals surface area contributed by atoms with Gasteiger partial charge in [-0.15, -0.1) is 0 Å². The van der Waals surface area contributed by atoms with Gasteiger partial charge in [0.1, 0.15) is 0 Å². The van der Waals surface area contributed by atoms with Crippen LogP contribution in [-0.2, 0) is 4.74 Å². The van der Waals surface area contributed by atoms with Crippen LogP contribution >= 0.6 is 12.6 Å². The van der Waals surface area contributed by atoms with Crippen molar-refractivity contribution in [2.45, 2.75) is 6.42 Å². The van der Waals surface area contributed by atoms with E-state index in [-0.39, 0.29) is 0 Å². The molecule has 0 aliphatic carbocycles. The smallest absolute Gasteiger partial charge is 0.0503 e. The molecule has 1 heterocycles. The van der Waals surface area contributed by atoms with Crippen molar-refractivity contribution in [3.05, 3.63) is 0 Å². The van der Waals surface area contributed by atoms with Gasteiger partial charge < -0.3 is 9.64 Å². The van der Waals surface area contributed by atoms with Gasteiger partial charge in [0.05, 0.1) is 6.61 Å². The van der Waals surface area contributed by atoms with Crippen LogP contribution in [0.25, 0.3) is 0 Å². The Balaban J connectivity index is 2.12. The molecule has 1 aliphatic rings. The Morgan fingerprint density at radius 3 is 3.09 bits per heavy atom. The monoisotopic (exact) mass is 175 g/mol. The summed E-state index contributed by atoms with van der Waals surface area (Å²) in [5, 5.41) is 0. The summed E-state index contributed by atoms with van der Waals surface area (Å²) in [5.41, 5.74) is 0. The summed E-state index contributed by atoms with van der Waals surface area (Å²) in [6, 6.07) is 0. The Morgan fingerprint density at radius 1 is 1.64 bits per heavy atom. The third-order valence-corrected chi connectivity index (χ3v) is 2.39. The van der Waals surface area contributed by atoms with Crippen LogP contribution in [0, 0.1) is 5.92 Å². The second-order valence-electron chi connectivity index (χ2n) is 3.13. The summed E-state index contributed by atoms with van der Waals surface area (Å²) in [6.07, 6.45) is 1.29. The minimum Gasteiger partial charge on any atom is -0.384 e. The average Bonchev–Trinajstić information content (AvgIpc) is 2.38. The molecule has 3 heteroatoms. The average molecular weight is 175 g/mol. The summed E-state index contributed by atoms with van der Waals surface area (Å²) >= 11 is 4.20. The lowest BCUT2D eigenvalue weighted by molar-refractivity contribution is 0.154. The molecular formula is C8H17NOS. The maximum absolute atomic E-state index is 5.11. The number of likely N-dealkylation sites (tertiary alicyclic amines) is 1. The highest BCUT2D eigenvalue weighted by molar-refractivity contribution is 7.80. The van der Waals surface area contributed by atoms with E-state index in [1.54, 1.807) is 7.11 Å². The molecule has 11 heavy (non-hydrogen) atoms. The molecule has 1 atom stereocenters. The van der Waals surface area contributed by atoms with Gasteiger partial charge in [0.25, 0.3) is 0 Å². The maximum atomic E-state index is 5.11. The fourth-order valence-corrected chi connectivity index (χ4v) is 1.91. The number of nitrogens with zero attached hydrogens (tertiary/aromatic N) is 1. The number of hydrogen-bond donors (Lipinski definition) is 1. The van der Waals surface area contributed by atoms with Crippen molar-refractivity contribution in [2.24, 2.45) is 5.92 Å². The van der Waals surface area contributed by atoms with E-state index in [1.807, 2.05) is 0 Å². The number of methoxy groups -OCH3 is 1. The van der Waals surface area contributed by atoms with Gasteiger partial charge in [-0.1, -0.05) is 0 Å². The molecule has 0 spiro atoms. The van der Waals surface area contributed by atoms with Crippen molar-refractivity contribution in [3.63, 3.8) is 0 Å². The highest BCUT2D eigenvalue weighted by Gasteiger charge is 2.20. The number of rotatable bonds is 4. The van der Waals surface area contributed by atoms with E-state index in [9.17, 15) is 0 Å². The van der Waals surface area contributed by atoms with E-state index < -0.39 is 0 Å². The van der Waals surface area contributed by atoms with Crippen LogP contribution in [0.3, 0.4) is 0 Å². The predicted molar refractivity (Wildman–Crippen MR) is 50.3 cm³/mol. The van der Waals surface area contributed by atoms with Crippen LogP contribution in [0.15, 0.2) is 0 Å². The van der Waals surface area contributed by atoms with Crippen molar-refractivity contribution in [1.82, 2.24) is 4.90 Å². The third-order valence-electron chi connectivity index (χ3n) is 2.19. The lowest BCUT2D eigenvalue weighted by Crippen LogP contribution is -2.23. The zero-order valence-electron chi connectivity index (χ0n) is 7.12. The Labute approximate surface area is 74.3 Å². The van der Waals surface area contributed by atoms with Gasteiger partial charge in [-0.05, 0) is 18.9 Å². The number of hydrogen-bond acceptors (Lipinski definition) is 3. The number of ether oxygens (including phenoxy) is 1. The molecule has 1 fully saturated rings. The van der Waals surface area contributed by atoms with Crippen LogP contribution in [0.1, 0.15) is 6.42 Å². The van der Waals surface area contributed by atoms with E-state index in [4.69, 9.17) is 4.74 Å². The van der Waals surface area contributed by atoms with Crippen molar-refractivity contribution in [3.8, 4) is 0 Å². The summed E-state index contributed by atoms with van der Waals surface area (Å²) < 4.78 is 5.11. The Morgan fingerprint density at radius 2 is 2.45 bits per heavy atom. The predicted octanol–water partition coefficient (Wildman–Crippen LogP) is 0.885. The molecule has 2 nitrogen and oxygen atoms in total. The van der Waals surface area contributed by atoms with E-state index in [2.05, 4.69) is 17.5 Å². The summed E-state index contributed by atoms with van der Waals surface area (Å²) in [5.74, 6) is 1.74. The van der Waals surface area contributed by atoms with Gasteiger partial charge in [0.2, 0.25) is 0 Å². The van der Waals surface area contributed by atoms with Crippen LogP contribution in [0.5, 0.6) is 0 Å². The molecule has 0 aromatic heterocycles. The molecule has 1 aliphatic heterocycles. The summed E-state index contributed by atoms with van der Waals surface area (Å²) in [7, 11) is 1.78. The highest BCUT2D eigenvalue weighted by atomic mass is 32.1. The SMILES string of the molecule is COCC1CCN(CCS)C1. The van der Waals surface area contributed by atoms with Crippen LogP contribution in [0.2, 0.25) is 0 Å². The Bertz CT molecular complexity index is 98.3. The van der Waals surface area contributed by atoms with Gasteiger partial charge in [-0.25, -0.2) is 0 Å². The van der Waals surface area contributed by atoms with Crippen molar-refractivity contribution in [1.29, 1.82) is 0 Å². The molecule has 0 amide bonds. The van der Waals surface area contributed by atoms with E-state index in [0.29, 0.717) is 0 Å². The molecule has 0 N–H and O–H groups in total. The highest BCUT2D eigenvalue weighted by Crippen LogP contribution is 2.15. The third kappa shape index (κ3) is 3.01. The van der Waals surface area contributed by atoms with Gasteiger partial charge >= 0.3 is 0 Å². The lowest BCUT2D eigenvalue weighted by atomic mass is 10.1. The Hall–Kier alpha value is 0.270. The second-order valence-corrected chi connectivity index (χ2v) is 3.58. The van der Waals surface area contributed by atoms with Gasteiger partial charge in [-0.2, -0.15) is 12.6 Å². The minimum atomic E-state index is 0.764. The summed E-state index contributed by atoms with van der Waals surface area (Å²) in [4.78, 5) is 2.46. The van der Waals surface area contributed by atoms with Crippen LogP contribution in [-0.4, -0.2) is 44.0 Å². The first kappa shape index (κ1) is 9.36. The zero-order chi connectivity index (χ0) is 8.10. The first-order valence-corrected chi connectivity index (χ1v) is 4.82. The fraction of sp³-hybridized carbons (Fsp3) is 1.00. The van der Waals surface area contributed by atoms with Gasteiger partial charge in [0, 0.05) is 26.0 Å². The largest absolute Gasteiger partial charge is 0.384 e. The second kappa shape index (κ2) is 5.01. The standard InChI is InChI=1S/C8H17NOS/c1-10-7-8-2-3-9(6-8)4-5-11/h8,11H,2-7H2,1H3. The van der Waals surface area contributed by atoms with E-state index in [1.165, 1.54) is 19.5 Å². The van der Waals surface area contributed by atoms with E-state index in [0.717, 1.165) is 24.8 Å². The quantitative estimate of drug-likeness (QED) is 0.637. The maximum Gasteiger partial charge on any atom is 0.0503 e. The van der Waals surface area contributed by atoms with Crippen molar-refractivity contribution >= 4 is 12.6 Å². The molecule has 0 bridgehead atoms. The molecule has 66 valence electrons. The molecule has 0 saturated carbocycles. The normalized spacial score (nSPS) is 26.2. The summed E-state index contributed by atoms with van der Waals surface area (Å²) in [6.45, 7) is 4.48. The van der Waals surface area contributed by atoms with Crippen LogP contribution in [0.4, 0.5) is 0 Å². The zero-order valence-corrected chi connectivity index (χ0v) is 8.02.